The Hall–Kier alpha value is -0.920. The van der Waals surface area contributed by atoms with Crippen molar-refractivity contribution >= 4 is 31.0 Å². The normalized spacial score (nSPS) is 12.1. The summed E-state index contributed by atoms with van der Waals surface area (Å²) in [7, 11) is 1.25. The van der Waals surface area contributed by atoms with Crippen LogP contribution in [0.3, 0.4) is 0 Å². The van der Waals surface area contributed by atoms with Gasteiger partial charge in [0.15, 0.2) is 5.96 Å². The van der Waals surface area contributed by atoms with Crippen LogP contribution in [0.25, 0.3) is 0 Å². The lowest BCUT2D eigenvalue weighted by molar-refractivity contribution is 0.186. The van der Waals surface area contributed by atoms with Gasteiger partial charge in [0, 0.05) is 0 Å². The molecule has 1 rings (SSSR count). The number of rotatable bonds is 4. The topological polar surface area (TPSA) is 105 Å². The molecule has 0 unspecified atom stereocenters. The number of hydrogen-bond acceptors (Lipinski definition) is 4. The molecule has 1 aromatic carbocycles. The average molecular weight is 306 g/mol. The van der Waals surface area contributed by atoms with Gasteiger partial charge in [0.25, 0.3) is 0 Å². The number of aliphatic imine (C=N–C) groups is 1. The summed E-state index contributed by atoms with van der Waals surface area (Å²) >= 11 is 3.16. The molecule has 0 aromatic heterocycles. The van der Waals surface area contributed by atoms with E-state index in [1.165, 1.54) is 16.3 Å². The average Bonchev–Trinajstić information content (AvgIpc) is 2.25. The highest BCUT2D eigenvalue weighted by Crippen LogP contribution is 2.34. The maximum absolute atomic E-state index is 9.71. The maximum Gasteiger partial charge on any atom is 0.186 e. The van der Waals surface area contributed by atoms with Crippen molar-refractivity contribution in [3.63, 3.8) is 0 Å². The molecule has 0 aliphatic carbocycles. The van der Waals surface area contributed by atoms with E-state index in [-0.39, 0.29) is 18.3 Å². The molecule has 0 aliphatic rings. The number of aliphatic hydroxyl groups is 1. The summed E-state index contributed by atoms with van der Waals surface area (Å²) in [5, 5.41) is 19.3. The van der Waals surface area contributed by atoms with Crippen LogP contribution in [0.2, 0.25) is 0 Å². The van der Waals surface area contributed by atoms with Crippen LogP contribution in [0.15, 0.2) is 28.1 Å². The van der Waals surface area contributed by atoms with Gasteiger partial charge in [-0.3, -0.25) is 4.99 Å². The standard InChI is InChI=1S/C9H12BrN3O2S/c10-16-8-2-1-5(3-6(8)14)7(15)4-13-9(11)12/h1-3,7,14-15H,4H2,(H4,11,12,13)/t7-/m0/s1. The van der Waals surface area contributed by atoms with Crippen LogP contribution in [-0.4, -0.2) is 22.7 Å². The van der Waals surface area contributed by atoms with E-state index in [1.807, 2.05) is 0 Å². The summed E-state index contributed by atoms with van der Waals surface area (Å²) < 4.78 is 0. The van der Waals surface area contributed by atoms with Gasteiger partial charge in [-0.05, 0) is 42.7 Å². The molecular formula is C9H12BrN3O2S. The smallest absolute Gasteiger partial charge is 0.186 e. The molecular weight excluding hydrogens is 294 g/mol. The number of phenols is 1. The minimum Gasteiger partial charge on any atom is -0.507 e. The SMILES string of the molecule is NC(N)=NC[C@H](O)c1ccc(SBr)c(O)c1. The van der Waals surface area contributed by atoms with Crippen molar-refractivity contribution in [3.05, 3.63) is 23.8 Å². The van der Waals surface area contributed by atoms with Gasteiger partial charge >= 0.3 is 0 Å². The molecule has 0 heterocycles. The zero-order chi connectivity index (χ0) is 12.1. The molecule has 1 aromatic rings. The van der Waals surface area contributed by atoms with Crippen molar-refractivity contribution in [2.45, 2.75) is 11.0 Å². The van der Waals surface area contributed by atoms with Crippen LogP contribution in [0.1, 0.15) is 11.7 Å². The van der Waals surface area contributed by atoms with Gasteiger partial charge in [-0.2, -0.15) is 0 Å². The molecule has 6 N–H and O–H groups in total. The minimum atomic E-state index is -0.831. The van der Waals surface area contributed by atoms with E-state index in [0.717, 1.165) is 0 Å². The van der Waals surface area contributed by atoms with Crippen molar-refractivity contribution in [2.75, 3.05) is 6.54 Å². The Balaban J connectivity index is 2.80. The second-order valence-electron chi connectivity index (χ2n) is 3.09. The summed E-state index contributed by atoms with van der Waals surface area (Å²) in [6, 6.07) is 4.88. The number of aliphatic hydroxyl groups excluding tert-OH is 1. The van der Waals surface area contributed by atoms with E-state index in [1.54, 1.807) is 12.1 Å². The highest BCUT2D eigenvalue weighted by atomic mass is 79.9. The summed E-state index contributed by atoms with van der Waals surface area (Å²) in [6.45, 7) is 0.0720. The van der Waals surface area contributed by atoms with Crippen LogP contribution in [0, 0.1) is 0 Å². The van der Waals surface area contributed by atoms with Crippen molar-refractivity contribution < 1.29 is 10.2 Å². The third kappa shape index (κ3) is 3.58. The lowest BCUT2D eigenvalue weighted by Crippen LogP contribution is -2.23. The highest BCUT2D eigenvalue weighted by molar-refractivity contribution is 9.50. The molecule has 16 heavy (non-hydrogen) atoms. The van der Waals surface area contributed by atoms with Crippen molar-refractivity contribution in [1.82, 2.24) is 0 Å². The second kappa shape index (κ2) is 5.97. The molecule has 1 atom stereocenters. The Morgan fingerprint density at radius 2 is 2.19 bits per heavy atom. The predicted molar refractivity (Wildman–Crippen MR) is 68.5 cm³/mol. The molecule has 0 bridgehead atoms. The number of halogens is 1. The van der Waals surface area contributed by atoms with E-state index >= 15 is 0 Å². The third-order valence-corrected chi connectivity index (χ3v) is 3.46. The summed E-state index contributed by atoms with van der Waals surface area (Å²) in [6.07, 6.45) is -0.831. The first-order chi connectivity index (χ1) is 7.54. The Labute approximate surface area is 105 Å². The molecule has 0 saturated heterocycles. The molecule has 0 aliphatic heterocycles. The first-order valence-electron chi connectivity index (χ1n) is 4.39. The van der Waals surface area contributed by atoms with Gasteiger partial charge in [-0.25, -0.2) is 0 Å². The Bertz CT molecular complexity index is 396. The van der Waals surface area contributed by atoms with Gasteiger partial charge in [0.05, 0.1) is 17.5 Å². The third-order valence-electron chi connectivity index (χ3n) is 1.90. The number of benzene rings is 1. The predicted octanol–water partition coefficient (Wildman–Crippen LogP) is 1.10. The lowest BCUT2D eigenvalue weighted by Gasteiger charge is -2.10. The first-order valence-corrected chi connectivity index (χ1v) is 7.05. The monoisotopic (exact) mass is 305 g/mol. The fourth-order valence-corrected chi connectivity index (χ4v) is 2.18. The van der Waals surface area contributed by atoms with Crippen LogP contribution in [0.5, 0.6) is 5.75 Å². The van der Waals surface area contributed by atoms with Gasteiger partial charge in [0.1, 0.15) is 5.75 Å². The number of hydrogen-bond donors (Lipinski definition) is 4. The Morgan fingerprint density at radius 3 is 2.69 bits per heavy atom. The minimum absolute atomic E-state index is 0.0720. The summed E-state index contributed by atoms with van der Waals surface area (Å²) in [5.74, 6) is 0.0269. The van der Waals surface area contributed by atoms with Gasteiger partial charge in [-0.1, -0.05) is 6.07 Å². The maximum atomic E-state index is 9.71. The Kier molecular flexibility index (Phi) is 4.91. The number of phenolic OH excluding ortho intramolecular Hbond substituents is 1. The number of nitrogens with zero attached hydrogens (tertiary/aromatic N) is 1. The van der Waals surface area contributed by atoms with Crippen molar-refractivity contribution in [3.8, 4) is 5.75 Å². The molecule has 0 amide bonds. The number of guanidine groups is 1. The lowest BCUT2D eigenvalue weighted by atomic mass is 10.1. The van der Waals surface area contributed by atoms with Crippen molar-refractivity contribution in [2.24, 2.45) is 16.5 Å². The quantitative estimate of drug-likeness (QED) is 0.492. The van der Waals surface area contributed by atoms with E-state index in [4.69, 9.17) is 11.5 Å². The number of aromatic hydroxyl groups is 1. The fourth-order valence-electron chi connectivity index (χ4n) is 1.10. The fraction of sp³-hybridized carbons (Fsp3) is 0.222. The molecule has 88 valence electrons. The van der Waals surface area contributed by atoms with Gasteiger partial charge < -0.3 is 21.7 Å². The summed E-state index contributed by atoms with van der Waals surface area (Å²) in [5.41, 5.74) is 10.9. The molecule has 0 spiro atoms. The molecule has 5 nitrogen and oxygen atoms in total. The summed E-state index contributed by atoms with van der Waals surface area (Å²) in [4.78, 5) is 4.38. The Morgan fingerprint density at radius 1 is 1.50 bits per heavy atom. The van der Waals surface area contributed by atoms with E-state index in [2.05, 4.69) is 19.8 Å². The largest absolute Gasteiger partial charge is 0.507 e. The van der Waals surface area contributed by atoms with Crippen LogP contribution in [-0.2, 0) is 0 Å². The zero-order valence-corrected chi connectivity index (χ0v) is 10.7. The molecule has 0 fully saturated rings. The molecule has 7 heteroatoms. The van der Waals surface area contributed by atoms with Gasteiger partial charge in [0.2, 0.25) is 0 Å². The highest BCUT2D eigenvalue weighted by Gasteiger charge is 2.09. The van der Waals surface area contributed by atoms with Crippen molar-refractivity contribution in [1.29, 1.82) is 0 Å². The van der Waals surface area contributed by atoms with E-state index < -0.39 is 6.10 Å². The van der Waals surface area contributed by atoms with Gasteiger partial charge in [-0.15, -0.1) is 0 Å². The van der Waals surface area contributed by atoms with Crippen LogP contribution >= 0.6 is 25.0 Å². The second-order valence-corrected chi connectivity index (χ2v) is 4.65. The number of nitrogens with two attached hydrogens (primary N) is 2. The van der Waals surface area contributed by atoms with Crippen LogP contribution < -0.4 is 11.5 Å². The van der Waals surface area contributed by atoms with E-state index in [9.17, 15) is 10.2 Å². The molecule has 0 radical (unpaired) electrons. The zero-order valence-electron chi connectivity index (χ0n) is 8.30. The van der Waals surface area contributed by atoms with E-state index in [0.29, 0.717) is 10.5 Å². The van der Waals surface area contributed by atoms with Crippen LogP contribution in [0.4, 0.5) is 0 Å². The first kappa shape index (κ1) is 13.1. The molecule has 0 saturated carbocycles.